The largest absolute Gasteiger partial charge is 0.490 e. The molecule has 0 aliphatic carbocycles. The third-order valence-electron chi connectivity index (χ3n) is 3.25. The third kappa shape index (κ3) is 6.78. The van der Waals surface area contributed by atoms with Crippen LogP contribution in [-0.4, -0.2) is 24.5 Å². The van der Waals surface area contributed by atoms with Crippen molar-refractivity contribution in [3.8, 4) is 11.5 Å². The molecule has 0 radical (unpaired) electrons. The predicted octanol–water partition coefficient (Wildman–Crippen LogP) is 3.82. The second-order valence-electron chi connectivity index (χ2n) is 5.17. The van der Waals surface area contributed by atoms with Crippen molar-refractivity contribution in [1.29, 1.82) is 0 Å². The van der Waals surface area contributed by atoms with E-state index in [1.807, 2.05) is 0 Å². The Balaban J connectivity index is 1.97. The number of para-hydroxylation sites is 1. The minimum Gasteiger partial charge on any atom is -0.490 e. The minimum atomic E-state index is -3.00. The SMILES string of the molecule is CCOc1cccc(/C=N\NC(=S)NCc2ccc(F)cc2)c1OC(F)F. The normalized spacial score (nSPS) is 10.9. The maximum atomic E-state index is 12.9. The fraction of sp³-hybridized carbons (Fsp3) is 0.222. The Morgan fingerprint density at radius 2 is 1.96 bits per heavy atom. The number of benzene rings is 2. The minimum absolute atomic E-state index is 0.106. The molecule has 0 amide bonds. The second-order valence-corrected chi connectivity index (χ2v) is 5.57. The van der Waals surface area contributed by atoms with E-state index in [-0.39, 0.29) is 22.4 Å². The molecule has 2 aromatic rings. The van der Waals surface area contributed by atoms with E-state index in [1.165, 1.54) is 24.4 Å². The van der Waals surface area contributed by atoms with Gasteiger partial charge in [-0.3, -0.25) is 5.43 Å². The molecule has 144 valence electrons. The zero-order chi connectivity index (χ0) is 19.6. The lowest BCUT2D eigenvalue weighted by atomic mass is 10.2. The van der Waals surface area contributed by atoms with E-state index in [1.54, 1.807) is 31.2 Å². The standard InChI is InChI=1S/C18H18F3N3O2S/c1-2-25-15-5-3-4-13(16(15)26-17(20)21)11-23-24-18(27)22-10-12-6-8-14(19)9-7-12/h3-9,11,17H,2,10H2,1H3,(H2,22,24,27)/b23-11-. The fourth-order valence-corrected chi connectivity index (χ4v) is 2.23. The summed E-state index contributed by atoms with van der Waals surface area (Å²) in [5, 5.41) is 7.02. The van der Waals surface area contributed by atoms with E-state index in [9.17, 15) is 13.2 Å². The van der Waals surface area contributed by atoms with Gasteiger partial charge in [-0.25, -0.2) is 4.39 Å². The molecule has 0 spiro atoms. The van der Waals surface area contributed by atoms with Crippen LogP contribution in [0.2, 0.25) is 0 Å². The number of alkyl halides is 2. The van der Waals surface area contributed by atoms with Crippen LogP contribution in [0, 0.1) is 5.82 Å². The summed E-state index contributed by atoms with van der Waals surface area (Å²) >= 11 is 5.08. The first-order valence-corrected chi connectivity index (χ1v) is 8.42. The summed E-state index contributed by atoms with van der Waals surface area (Å²) in [5.74, 6) is -0.232. The second kappa shape index (κ2) is 10.4. The van der Waals surface area contributed by atoms with E-state index in [0.717, 1.165) is 5.56 Å². The lowest BCUT2D eigenvalue weighted by molar-refractivity contribution is -0.0515. The lowest BCUT2D eigenvalue weighted by Gasteiger charge is -2.13. The van der Waals surface area contributed by atoms with Crippen molar-refractivity contribution in [2.75, 3.05) is 6.61 Å². The number of rotatable bonds is 8. The number of nitrogens with one attached hydrogen (secondary N) is 2. The monoisotopic (exact) mass is 397 g/mol. The van der Waals surface area contributed by atoms with Gasteiger partial charge < -0.3 is 14.8 Å². The molecule has 0 aliphatic heterocycles. The van der Waals surface area contributed by atoms with Crippen LogP contribution >= 0.6 is 12.2 Å². The van der Waals surface area contributed by atoms with E-state index >= 15 is 0 Å². The van der Waals surface area contributed by atoms with E-state index < -0.39 is 6.61 Å². The van der Waals surface area contributed by atoms with Gasteiger partial charge in [0.25, 0.3) is 0 Å². The number of thiocarbonyl (C=S) groups is 1. The van der Waals surface area contributed by atoms with Crippen LogP contribution in [0.1, 0.15) is 18.1 Å². The van der Waals surface area contributed by atoms with Crippen LogP contribution in [0.3, 0.4) is 0 Å². The molecule has 9 heteroatoms. The molecule has 2 rings (SSSR count). The van der Waals surface area contributed by atoms with Crippen LogP contribution in [0.5, 0.6) is 11.5 Å². The molecule has 0 fully saturated rings. The average molecular weight is 397 g/mol. The van der Waals surface area contributed by atoms with Gasteiger partial charge in [0.1, 0.15) is 5.82 Å². The molecular formula is C18H18F3N3O2S. The van der Waals surface area contributed by atoms with Gasteiger partial charge >= 0.3 is 6.61 Å². The first-order chi connectivity index (χ1) is 13.0. The highest BCUT2D eigenvalue weighted by atomic mass is 32.1. The highest BCUT2D eigenvalue weighted by Crippen LogP contribution is 2.31. The zero-order valence-corrected chi connectivity index (χ0v) is 15.2. The summed E-state index contributed by atoms with van der Waals surface area (Å²) in [6, 6.07) is 10.7. The molecule has 5 nitrogen and oxygen atoms in total. The van der Waals surface area contributed by atoms with Crippen LogP contribution in [0.4, 0.5) is 13.2 Å². The van der Waals surface area contributed by atoms with Crippen molar-refractivity contribution in [2.45, 2.75) is 20.1 Å². The molecular weight excluding hydrogens is 379 g/mol. The smallest absolute Gasteiger partial charge is 0.387 e. The maximum Gasteiger partial charge on any atom is 0.387 e. The number of halogens is 3. The Morgan fingerprint density at radius 3 is 2.63 bits per heavy atom. The van der Waals surface area contributed by atoms with Crippen LogP contribution in [0.25, 0.3) is 0 Å². The number of hydrazone groups is 1. The number of nitrogens with zero attached hydrogens (tertiary/aromatic N) is 1. The van der Waals surface area contributed by atoms with Crippen molar-refractivity contribution < 1.29 is 22.6 Å². The quantitative estimate of drug-likeness (QED) is 0.403. The van der Waals surface area contributed by atoms with Crippen molar-refractivity contribution in [1.82, 2.24) is 10.7 Å². The summed E-state index contributed by atoms with van der Waals surface area (Å²) in [6.07, 6.45) is 1.30. The molecule has 27 heavy (non-hydrogen) atoms. The summed E-state index contributed by atoms with van der Waals surface area (Å²) in [7, 11) is 0. The van der Waals surface area contributed by atoms with Gasteiger partial charge in [-0.05, 0) is 49.0 Å². The predicted molar refractivity (Wildman–Crippen MR) is 101 cm³/mol. The Hall–Kier alpha value is -2.81. The summed E-state index contributed by atoms with van der Waals surface area (Å²) < 4.78 is 48.0. The molecule has 2 N–H and O–H groups in total. The first kappa shape index (κ1) is 20.5. The van der Waals surface area contributed by atoms with Gasteiger partial charge in [0.15, 0.2) is 16.6 Å². The van der Waals surface area contributed by atoms with E-state index in [4.69, 9.17) is 17.0 Å². The lowest BCUT2D eigenvalue weighted by Crippen LogP contribution is -2.31. The van der Waals surface area contributed by atoms with Gasteiger partial charge in [0.05, 0.1) is 12.8 Å². The van der Waals surface area contributed by atoms with Crippen molar-refractivity contribution in [3.05, 3.63) is 59.4 Å². The Morgan fingerprint density at radius 1 is 1.22 bits per heavy atom. The molecule has 0 aliphatic rings. The molecule has 0 saturated carbocycles. The molecule has 0 aromatic heterocycles. The molecule has 0 atom stereocenters. The summed E-state index contributed by atoms with van der Waals surface area (Å²) in [4.78, 5) is 0. The third-order valence-corrected chi connectivity index (χ3v) is 3.49. The van der Waals surface area contributed by atoms with Crippen LogP contribution in [0.15, 0.2) is 47.6 Å². The maximum absolute atomic E-state index is 12.9. The average Bonchev–Trinajstić information content (AvgIpc) is 2.63. The number of hydrogen-bond donors (Lipinski definition) is 2. The van der Waals surface area contributed by atoms with Gasteiger partial charge in [0.2, 0.25) is 0 Å². The van der Waals surface area contributed by atoms with Crippen LogP contribution in [-0.2, 0) is 6.54 Å². The van der Waals surface area contributed by atoms with Crippen molar-refractivity contribution in [3.63, 3.8) is 0 Å². The Labute approximate surface area is 160 Å². The van der Waals surface area contributed by atoms with Gasteiger partial charge in [-0.2, -0.15) is 13.9 Å². The van der Waals surface area contributed by atoms with E-state index in [0.29, 0.717) is 18.7 Å². The highest BCUT2D eigenvalue weighted by Gasteiger charge is 2.14. The van der Waals surface area contributed by atoms with Gasteiger partial charge in [-0.1, -0.05) is 18.2 Å². The number of ether oxygens (including phenoxy) is 2. The molecule has 2 aromatic carbocycles. The molecule has 0 saturated heterocycles. The van der Waals surface area contributed by atoms with Gasteiger partial charge in [-0.15, -0.1) is 0 Å². The first-order valence-electron chi connectivity index (χ1n) is 8.01. The molecule has 0 heterocycles. The summed E-state index contributed by atoms with van der Waals surface area (Å²) in [5.41, 5.74) is 3.71. The van der Waals surface area contributed by atoms with Crippen molar-refractivity contribution in [2.24, 2.45) is 5.10 Å². The Kier molecular flexibility index (Phi) is 7.87. The summed E-state index contributed by atoms with van der Waals surface area (Å²) in [6.45, 7) is -0.582. The Bertz CT molecular complexity index is 786. The molecule has 0 unspecified atom stereocenters. The van der Waals surface area contributed by atoms with E-state index in [2.05, 4.69) is 20.6 Å². The van der Waals surface area contributed by atoms with Crippen LogP contribution < -0.4 is 20.2 Å². The zero-order valence-electron chi connectivity index (χ0n) is 14.4. The van der Waals surface area contributed by atoms with Crippen molar-refractivity contribution >= 4 is 23.5 Å². The van der Waals surface area contributed by atoms with Gasteiger partial charge in [0, 0.05) is 12.1 Å². The topological polar surface area (TPSA) is 54.9 Å². The fourth-order valence-electron chi connectivity index (χ4n) is 2.10. The number of hydrogen-bond acceptors (Lipinski definition) is 4. The molecule has 0 bridgehead atoms. The highest BCUT2D eigenvalue weighted by molar-refractivity contribution is 7.80.